The van der Waals surface area contributed by atoms with Crippen LogP contribution in [0.2, 0.25) is 0 Å². The Balaban J connectivity index is 2.06. The number of halogens is 1. The third-order valence-electron chi connectivity index (χ3n) is 2.99. The molecule has 1 N–H and O–H groups in total. The van der Waals surface area contributed by atoms with Gasteiger partial charge in [-0.25, -0.2) is 0 Å². The molecular formula is C15H11BrOS. The fraction of sp³-hybridized carbons (Fsp3) is 0.0667. The fourth-order valence-electron chi connectivity index (χ4n) is 2.03. The van der Waals surface area contributed by atoms with Crippen molar-refractivity contribution < 1.29 is 5.11 Å². The van der Waals surface area contributed by atoms with Crippen molar-refractivity contribution in [3.05, 3.63) is 69.5 Å². The lowest BCUT2D eigenvalue weighted by molar-refractivity contribution is 0.222. The van der Waals surface area contributed by atoms with Gasteiger partial charge in [0.2, 0.25) is 0 Å². The highest BCUT2D eigenvalue weighted by Gasteiger charge is 2.14. The number of hydrogen-bond donors (Lipinski definition) is 1. The van der Waals surface area contributed by atoms with Gasteiger partial charge in [-0.3, -0.25) is 0 Å². The molecule has 18 heavy (non-hydrogen) atoms. The van der Waals surface area contributed by atoms with E-state index in [4.69, 9.17) is 0 Å². The van der Waals surface area contributed by atoms with E-state index in [9.17, 15) is 5.11 Å². The number of rotatable bonds is 2. The molecule has 0 saturated heterocycles. The van der Waals surface area contributed by atoms with E-state index in [0.717, 1.165) is 21.0 Å². The zero-order chi connectivity index (χ0) is 12.5. The first-order chi connectivity index (χ1) is 8.75. The summed E-state index contributed by atoms with van der Waals surface area (Å²) in [5, 5.41) is 13.6. The molecule has 0 amide bonds. The molecule has 90 valence electrons. The van der Waals surface area contributed by atoms with Crippen LogP contribution in [0.3, 0.4) is 0 Å². The van der Waals surface area contributed by atoms with Crippen LogP contribution < -0.4 is 0 Å². The molecule has 3 rings (SSSR count). The predicted octanol–water partition coefficient (Wildman–Crippen LogP) is 4.75. The van der Waals surface area contributed by atoms with Gasteiger partial charge in [0.25, 0.3) is 0 Å². The lowest BCUT2D eigenvalue weighted by Gasteiger charge is -2.10. The van der Waals surface area contributed by atoms with Gasteiger partial charge in [-0.05, 0) is 34.5 Å². The van der Waals surface area contributed by atoms with Crippen LogP contribution in [0.15, 0.2) is 58.4 Å². The van der Waals surface area contributed by atoms with Crippen LogP contribution >= 0.6 is 27.3 Å². The Morgan fingerprint density at radius 2 is 1.72 bits per heavy atom. The van der Waals surface area contributed by atoms with Crippen molar-refractivity contribution in [2.75, 3.05) is 0 Å². The highest BCUT2D eigenvalue weighted by atomic mass is 79.9. The molecule has 1 atom stereocenters. The summed E-state index contributed by atoms with van der Waals surface area (Å²) in [6, 6.07) is 16.0. The maximum Gasteiger partial charge on any atom is 0.105 e. The van der Waals surface area contributed by atoms with Crippen LogP contribution in [0.25, 0.3) is 10.1 Å². The number of thiophene rings is 1. The third kappa shape index (κ3) is 2.09. The molecule has 2 aromatic carbocycles. The van der Waals surface area contributed by atoms with Crippen molar-refractivity contribution in [1.82, 2.24) is 0 Å². The molecule has 1 nitrogen and oxygen atoms in total. The third-order valence-corrected chi connectivity index (χ3v) is 4.50. The molecule has 3 heteroatoms. The Bertz CT molecular complexity index is 672. The smallest absolute Gasteiger partial charge is 0.105 e. The number of benzene rings is 2. The molecule has 1 unspecified atom stereocenters. The van der Waals surface area contributed by atoms with Gasteiger partial charge < -0.3 is 5.11 Å². The quantitative estimate of drug-likeness (QED) is 0.723. The Hall–Kier alpha value is -1.16. The highest BCUT2D eigenvalue weighted by Crippen LogP contribution is 2.33. The Kier molecular flexibility index (Phi) is 3.20. The summed E-state index contributed by atoms with van der Waals surface area (Å²) in [4.78, 5) is 0. The largest absolute Gasteiger partial charge is 0.384 e. The molecule has 0 saturated carbocycles. The zero-order valence-corrected chi connectivity index (χ0v) is 11.9. The molecule has 0 spiro atoms. The minimum Gasteiger partial charge on any atom is -0.384 e. The second-order valence-electron chi connectivity index (χ2n) is 4.14. The first kappa shape index (κ1) is 11.9. The first-order valence-electron chi connectivity index (χ1n) is 5.65. The summed E-state index contributed by atoms with van der Waals surface area (Å²) in [5.41, 5.74) is 1.90. The molecule has 1 heterocycles. The number of fused-ring (bicyclic) bond motifs is 1. The summed E-state index contributed by atoms with van der Waals surface area (Å²) >= 11 is 5.07. The van der Waals surface area contributed by atoms with Crippen LogP contribution in [0.5, 0.6) is 0 Å². The minimum atomic E-state index is -0.561. The van der Waals surface area contributed by atoms with Crippen LogP contribution in [-0.2, 0) is 0 Å². The fourth-order valence-corrected chi connectivity index (χ4v) is 3.28. The molecule has 0 aliphatic carbocycles. The molecule has 3 aromatic rings. The number of hydrogen-bond acceptors (Lipinski definition) is 2. The maximum atomic E-state index is 10.5. The van der Waals surface area contributed by atoms with E-state index in [2.05, 4.69) is 28.1 Å². The first-order valence-corrected chi connectivity index (χ1v) is 7.32. The lowest BCUT2D eigenvalue weighted by Crippen LogP contribution is -1.98. The van der Waals surface area contributed by atoms with E-state index in [1.807, 2.05) is 41.8 Å². The lowest BCUT2D eigenvalue weighted by atomic mass is 10.0. The second-order valence-corrected chi connectivity index (χ2v) is 5.97. The normalized spacial score (nSPS) is 12.8. The standard InChI is InChI=1S/C15H11BrOS/c16-11-7-5-10(6-8-11)15(17)13-9-18-14-4-2-1-3-12(13)14/h1-9,15,17H. The molecule has 1 aromatic heterocycles. The molecule has 0 bridgehead atoms. The maximum absolute atomic E-state index is 10.5. The number of aliphatic hydroxyl groups excluding tert-OH is 1. The van der Waals surface area contributed by atoms with Gasteiger partial charge in [0.1, 0.15) is 6.10 Å². The van der Waals surface area contributed by atoms with Crippen molar-refractivity contribution in [3.8, 4) is 0 Å². The van der Waals surface area contributed by atoms with E-state index in [1.165, 1.54) is 4.70 Å². The van der Waals surface area contributed by atoms with Crippen LogP contribution in [-0.4, -0.2) is 5.11 Å². The minimum absolute atomic E-state index is 0.561. The monoisotopic (exact) mass is 318 g/mol. The van der Waals surface area contributed by atoms with Crippen LogP contribution in [0.4, 0.5) is 0 Å². The van der Waals surface area contributed by atoms with Crippen molar-refractivity contribution in [2.45, 2.75) is 6.10 Å². The van der Waals surface area contributed by atoms with Crippen molar-refractivity contribution in [1.29, 1.82) is 0 Å². The van der Waals surface area contributed by atoms with Gasteiger partial charge in [-0.1, -0.05) is 46.3 Å². The topological polar surface area (TPSA) is 20.2 Å². The van der Waals surface area contributed by atoms with Gasteiger partial charge in [-0.2, -0.15) is 0 Å². The van der Waals surface area contributed by atoms with E-state index in [1.54, 1.807) is 11.3 Å². The molecular weight excluding hydrogens is 308 g/mol. The van der Waals surface area contributed by atoms with Crippen LogP contribution in [0.1, 0.15) is 17.2 Å². The van der Waals surface area contributed by atoms with Gasteiger partial charge in [0.05, 0.1) is 0 Å². The molecule has 0 aliphatic rings. The SMILES string of the molecule is OC(c1ccc(Br)cc1)c1csc2ccccc12. The van der Waals surface area contributed by atoms with Crippen molar-refractivity contribution >= 4 is 37.4 Å². The summed E-state index contributed by atoms with van der Waals surface area (Å²) in [6.07, 6.45) is -0.561. The Morgan fingerprint density at radius 1 is 1.00 bits per heavy atom. The van der Waals surface area contributed by atoms with E-state index < -0.39 is 6.10 Å². The Morgan fingerprint density at radius 3 is 2.50 bits per heavy atom. The summed E-state index contributed by atoms with van der Waals surface area (Å²) in [5.74, 6) is 0. The van der Waals surface area contributed by atoms with Gasteiger partial charge in [0.15, 0.2) is 0 Å². The second kappa shape index (κ2) is 4.84. The van der Waals surface area contributed by atoms with Crippen molar-refractivity contribution in [3.63, 3.8) is 0 Å². The van der Waals surface area contributed by atoms with Crippen LogP contribution in [0, 0.1) is 0 Å². The average molecular weight is 319 g/mol. The van der Waals surface area contributed by atoms with Crippen molar-refractivity contribution in [2.24, 2.45) is 0 Å². The van der Waals surface area contributed by atoms with E-state index >= 15 is 0 Å². The summed E-state index contributed by atoms with van der Waals surface area (Å²) < 4.78 is 2.23. The highest BCUT2D eigenvalue weighted by molar-refractivity contribution is 9.10. The molecule has 0 radical (unpaired) electrons. The van der Waals surface area contributed by atoms with Gasteiger partial charge in [0, 0.05) is 14.7 Å². The summed E-state index contributed by atoms with van der Waals surface area (Å²) in [7, 11) is 0. The van der Waals surface area contributed by atoms with Gasteiger partial charge >= 0.3 is 0 Å². The zero-order valence-electron chi connectivity index (χ0n) is 9.51. The summed E-state index contributed by atoms with van der Waals surface area (Å²) in [6.45, 7) is 0. The Labute approximate surface area is 118 Å². The molecule has 0 aliphatic heterocycles. The van der Waals surface area contributed by atoms with E-state index in [0.29, 0.717) is 0 Å². The molecule has 0 fully saturated rings. The number of aliphatic hydroxyl groups is 1. The van der Waals surface area contributed by atoms with Gasteiger partial charge in [-0.15, -0.1) is 11.3 Å². The predicted molar refractivity (Wildman–Crippen MR) is 80.0 cm³/mol. The average Bonchev–Trinajstić information content (AvgIpc) is 2.82. The van der Waals surface area contributed by atoms with E-state index in [-0.39, 0.29) is 0 Å².